The lowest BCUT2D eigenvalue weighted by atomic mass is 10.2. The van der Waals surface area contributed by atoms with Crippen molar-refractivity contribution >= 4 is 10.9 Å². The van der Waals surface area contributed by atoms with Gasteiger partial charge in [0.25, 0.3) is 0 Å². The number of morpholine rings is 1. The summed E-state index contributed by atoms with van der Waals surface area (Å²) in [5, 5.41) is 8.93. The van der Waals surface area contributed by atoms with E-state index in [-0.39, 0.29) is 6.79 Å². The monoisotopic (exact) mass is 388 g/mol. The molecule has 0 unspecified atom stereocenters. The van der Waals surface area contributed by atoms with Crippen molar-refractivity contribution in [3.8, 4) is 0 Å². The third-order valence-electron chi connectivity index (χ3n) is 4.44. The van der Waals surface area contributed by atoms with Crippen LogP contribution in [0.4, 0.5) is 0 Å². The molecule has 2 aromatic rings. The van der Waals surface area contributed by atoms with Crippen LogP contribution in [0, 0.1) is 6.92 Å². The number of nitrogens with zero attached hydrogens (tertiary/aromatic N) is 2. The second kappa shape index (κ2) is 12.4. The summed E-state index contributed by atoms with van der Waals surface area (Å²) in [5.74, 6) is 0. The molecule has 6 heteroatoms. The Labute approximate surface area is 167 Å². The number of aromatic nitrogens is 1. The molecule has 1 fully saturated rings. The minimum Gasteiger partial charge on any atom is -0.499 e. The number of benzene rings is 1. The van der Waals surface area contributed by atoms with Gasteiger partial charge in [0.2, 0.25) is 0 Å². The quantitative estimate of drug-likeness (QED) is 0.326. The minimum atomic E-state index is -0.181. The second-order valence-electron chi connectivity index (χ2n) is 6.71. The number of aliphatic hydroxyl groups is 1. The first kappa shape index (κ1) is 22.2. The third kappa shape index (κ3) is 7.48. The summed E-state index contributed by atoms with van der Waals surface area (Å²) in [4.78, 5) is 2.35. The lowest BCUT2D eigenvalue weighted by molar-refractivity contribution is 0.0325. The van der Waals surface area contributed by atoms with Gasteiger partial charge in [0.1, 0.15) is 13.4 Å². The molecule has 0 radical (unpaired) electrons. The Morgan fingerprint density at radius 2 is 2.04 bits per heavy atom. The Kier molecular flexibility index (Phi) is 9.79. The van der Waals surface area contributed by atoms with Crippen LogP contribution in [0.15, 0.2) is 55.0 Å². The highest BCUT2D eigenvalue weighted by Gasteiger charge is 2.09. The van der Waals surface area contributed by atoms with Gasteiger partial charge in [-0.15, -0.1) is 0 Å². The third-order valence-corrected chi connectivity index (χ3v) is 4.44. The zero-order valence-electron chi connectivity index (χ0n) is 17.0. The fourth-order valence-electron chi connectivity index (χ4n) is 2.95. The van der Waals surface area contributed by atoms with Crippen molar-refractivity contribution in [2.45, 2.75) is 13.5 Å². The zero-order chi connectivity index (χ0) is 20.2. The van der Waals surface area contributed by atoms with Crippen molar-refractivity contribution in [3.05, 3.63) is 60.5 Å². The van der Waals surface area contributed by atoms with Gasteiger partial charge in [0.15, 0.2) is 0 Å². The van der Waals surface area contributed by atoms with Crippen molar-refractivity contribution in [1.82, 2.24) is 9.47 Å². The number of aliphatic hydroxyl groups excluding tert-OH is 1. The predicted molar refractivity (Wildman–Crippen MR) is 112 cm³/mol. The molecule has 0 spiro atoms. The molecular formula is C22H32N2O4. The fourth-order valence-corrected chi connectivity index (χ4v) is 2.95. The molecule has 3 rings (SSSR count). The highest BCUT2D eigenvalue weighted by Crippen LogP contribution is 2.17. The van der Waals surface area contributed by atoms with E-state index < -0.39 is 0 Å². The van der Waals surface area contributed by atoms with Crippen LogP contribution in [-0.2, 0) is 20.8 Å². The number of hydrogen-bond donors (Lipinski definition) is 1. The van der Waals surface area contributed by atoms with Crippen LogP contribution in [0.3, 0.4) is 0 Å². The first-order chi connectivity index (χ1) is 13.6. The number of ether oxygens (including phenoxy) is 3. The summed E-state index contributed by atoms with van der Waals surface area (Å²) in [5.41, 5.74) is 3.61. The van der Waals surface area contributed by atoms with Crippen LogP contribution in [0.25, 0.3) is 10.9 Å². The number of hydrogen-bond acceptors (Lipinski definition) is 5. The van der Waals surface area contributed by atoms with E-state index in [4.69, 9.17) is 14.6 Å². The zero-order valence-corrected chi connectivity index (χ0v) is 17.0. The molecule has 1 N–H and O–H groups in total. The van der Waals surface area contributed by atoms with Gasteiger partial charge in [-0.1, -0.05) is 18.7 Å². The minimum absolute atomic E-state index is 0.181. The molecule has 6 nitrogen and oxygen atoms in total. The molecule has 154 valence electrons. The lowest BCUT2D eigenvalue weighted by Crippen LogP contribution is -2.37. The maximum absolute atomic E-state index is 7.65. The summed E-state index contributed by atoms with van der Waals surface area (Å²) in [6.07, 6.45) is 5.85. The van der Waals surface area contributed by atoms with E-state index >= 15 is 0 Å². The fraction of sp³-hybridized carbons (Fsp3) is 0.455. The van der Waals surface area contributed by atoms with Gasteiger partial charge in [-0.05, 0) is 41.7 Å². The summed E-state index contributed by atoms with van der Waals surface area (Å²) < 4.78 is 17.3. The molecule has 1 aromatic heterocycles. The van der Waals surface area contributed by atoms with Gasteiger partial charge in [-0.2, -0.15) is 0 Å². The maximum Gasteiger partial charge on any atom is 0.143 e. The second-order valence-corrected chi connectivity index (χ2v) is 6.71. The van der Waals surface area contributed by atoms with Crippen LogP contribution in [0.1, 0.15) is 5.56 Å². The number of methoxy groups -OCH3 is 1. The Morgan fingerprint density at radius 3 is 2.75 bits per heavy atom. The number of rotatable bonds is 8. The molecule has 0 saturated carbocycles. The largest absolute Gasteiger partial charge is 0.499 e. The highest BCUT2D eigenvalue weighted by atomic mass is 16.6. The van der Waals surface area contributed by atoms with Crippen LogP contribution >= 0.6 is 0 Å². The van der Waals surface area contributed by atoms with E-state index in [1.807, 2.05) is 6.08 Å². The van der Waals surface area contributed by atoms with Gasteiger partial charge in [-0.25, -0.2) is 0 Å². The van der Waals surface area contributed by atoms with Crippen LogP contribution < -0.4 is 0 Å². The van der Waals surface area contributed by atoms with Crippen molar-refractivity contribution in [3.63, 3.8) is 0 Å². The van der Waals surface area contributed by atoms with Crippen molar-refractivity contribution < 1.29 is 19.3 Å². The first-order valence-corrected chi connectivity index (χ1v) is 9.55. The van der Waals surface area contributed by atoms with Gasteiger partial charge < -0.3 is 23.9 Å². The van der Waals surface area contributed by atoms with E-state index in [2.05, 4.69) is 58.2 Å². The maximum atomic E-state index is 7.65. The van der Waals surface area contributed by atoms with Gasteiger partial charge in [0.05, 0.1) is 26.0 Å². The molecule has 1 aliphatic heterocycles. The molecule has 28 heavy (non-hydrogen) atoms. The lowest BCUT2D eigenvalue weighted by Gasteiger charge is -2.26. The number of fused-ring (bicyclic) bond motifs is 1. The van der Waals surface area contributed by atoms with Gasteiger partial charge in [-0.3, -0.25) is 4.90 Å². The van der Waals surface area contributed by atoms with E-state index in [0.717, 1.165) is 45.0 Å². The SMILES string of the molecule is C=C(/C=C/OCCn1ccc2ccc(C)cc21)CN1CCOCC1.COCO. The first-order valence-electron chi connectivity index (χ1n) is 9.55. The molecule has 2 heterocycles. The normalized spacial score (nSPS) is 14.8. The Hall–Kier alpha value is -2.12. The topological polar surface area (TPSA) is 56.1 Å². The molecular weight excluding hydrogens is 356 g/mol. The molecule has 0 bridgehead atoms. The predicted octanol–water partition coefficient (Wildman–Crippen LogP) is 2.95. The van der Waals surface area contributed by atoms with Gasteiger partial charge in [0, 0.05) is 38.5 Å². The standard InChI is InChI=1S/C20H26N2O2.C2H6O2/c1-17-3-4-19-5-7-22(20(19)15-17)10-14-23-11-6-18(2)16-21-8-12-24-13-9-21;1-4-2-3/h3-7,11,15H,2,8-10,12-14,16H2,1H3;3H,2H2,1H3/b11-6+;. The summed E-state index contributed by atoms with van der Waals surface area (Å²) >= 11 is 0. The van der Waals surface area contributed by atoms with Gasteiger partial charge >= 0.3 is 0 Å². The van der Waals surface area contributed by atoms with Crippen LogP contribution in [-0.4, -0.2) is 67.9 Å². The summed E-state index contributed by atoms with van der Waals surface area (Å²) in [7, 11) is 1.43. The Balaban J connectivity index is 0.000000640. The smallest absolute Gasteiger partial charge is 0.143 e. The highest BCUT2D eigenvalue weighted by molar-refractivity contribution is 5.80. The molecule has 0 amide bonds. The van der Waals surface area contributed by atoms with E-state index in [9.17, 15) is 0 Å². The van der Waals surface area contributed by atoms with Crippen molar-refractivity contribution in [2.75, 3.05) is 53.4 Å². The molecule has 1 saturated heterocycles. The summed E-state index contributed by atoms with van der Waals surface area (Å²) in [6.45, 7) is 12.0. The average Bonchev–Trinajstić information content (AvgIpc) is 3.11. The molecule has 0 aliphatic carbocycles. The summed E-state index contributed by atoms with van der Waals surface area (Å²) in [6, 6.07) is 8.67. The van der Waals surface area contributed by atoms with E-state index in [1.165, 1.54) is 23.6 Å². The Bertz CT molecular complexity index is 746. The van der Waals surface area contributed by atoms with Crippen molar-refractivity contribution in [1.29, 1.82) is 0 Å². The van der Waals surface area contributed by atoms with E-state index in [1.54, 1.807) is 6.26 Å². The Morgan fingerprint density at radius 1 is 1.29 bits per heavy atom. The van der Waals surface area contributed by atoms with E-state index in [0.29, 0.717) is 6.61 Å². The van der Waals surface area contributed by atoms with Crippen LogP contribution in [0.5, 0.6) is 0 Å². The molecule has 0 atom stereocenters. The van der Waals surface area contributed by atoms with Crippen LogP contribution in [0.2, 0.25) is 0 Å². The number of aryl methyl sites for hydroxylation is 1. The van der Waals surface area contributed by atoms with Crippen molar-refractivity contribution in [2.24, 2.45) is 0 Å². The average molecular weight is 389 g/mol. The molecule has 1 aliphatic rings. The molecule has 1 aromatic carbocycles.